The number of amides is 1. The topological polar surface area (TPSA) is 60.5 Å². The fraction of sp³-hybridized carbons (Fsp3) is 0.455. The lowest BCUT2D eigenvalue weighted by Gasteiger charge is -2.38. The molecule has 5 nitrogen and oxygen atoms in total. The molecule has 1 fully saturated rings. The predicted octanol–water partition coefficient (Wildman–Crippen LogP) is 4.80. The molecule has 29 heavy (non-hydrogen) atoms. The largest absolute Gasteiger partial charge is 0.415 e. The van der Waals surface area contributed by atoms with Gasteiger partial charge in [0.25, 0.3) is 0 Å². The Morgan fingerprint density at radius 3 is 2.52 bits per heavy atom. The number of anilines is 1. The number of hydrogen-bond donors (Lipinski definition) is 1. The van der Waals surface area contributed by atoms with Gasteiger partial charge in [0, 0.05) is 18.9 Å². The fourth-order valence-electron chi connectivity index (χ4n) is 3.82. The Morgan fingerprint density at radius 1 is 1.17 bits per heavy atom. The normalized spacial score (nSPS) is 16.1. The number of aromatic nitrogens is 1. The lowest BCUT2D eigenvalue weighted by atomic mass is 9.70. The number of aryl methyl sites for hydroxylation is 1. The van der Waals surface area contributed by atoms with E-state index in [9.17, 15) is 13.6 Å². The number of carbonyl (C=O) groups excluding carboxylic acids is 1. The van der Waals surface area contributed by atoms with Crippen molar-refractivity contribution in [3.05, 3.63) is 53.2 Å². The van der Waals surface area contributed by atoms with E-state index in [4.69, 9.17) is 4.74 Å². The van der Waals surface area contributed by atoms with Crippen LogP contribution in [-0.2, 0) is 14.9 Å². The monoisotopic (exact) mass is 404 g/mol. The molecule has 0 aliphatic carbocycles. The van der Waals surface area contributed by atoms with E-state index in [1.54, 1.807) is 19.1 Å². The Morgan fingerprint density at radius 2 is 1.86 bits per heavy atom. The van der Waals surface area contributed by atoms with Gasteiger partial charge in [-0.1, -0.05) is 38.1 Å². The summed E-state index contributed by atoms with van der Waals surface area (Å²) in [6.07, 6.45) is 1.01. The maximum Gasteiger partial charge on any atom is 0.388 e. The molecule has 0 unspecified atom stereocenters. The van der Waals surface area contributed by atoms with E-state index in [2.05, 4.69) is 28.9 Å². The van der Waals surface area contributed by atoms with Gasteiger partial charge in [0.1, 0.15) is 5.69 Å². The van der Waals surface area contributed by atoms with Crippen molar-refractivity contribution in [2.75, 3.05) is 18.5 Å². The minimum Gasteiger partial charge on any atom is -0.415 e. The first-order chi connectivity index (χ1) is 13.8. The standard InChI is InChI=1S/C22H26F2N2O3/c1-14(2)16-6-4-5-7-17(16)22(10-12-28-13-11-22)20(27)26-18-9-8-15(3)25-19(18)29-21(23)24/h4-9,14,21H,10-13H2,1-3H3,(H,26,27). The summed E-state index contributed by atoms with van der Waals surface area (Å²) in [4.78, 5) is 17.6. The van der Waals surface area contributed by atoms with Crippen LogP contribution in [0.5, 0.6) is 5.88 Å². The fourth-order valence-corrected chi connectivity index (χ4v) is 3.82. The van der Waals surface area contributed by atoms with Crippen molar-refractivity contribution in [1.82, 2.24) is 4.98 Å². The Balaban J connectivity index is 2.01. The summed E-state index contributed by atoms with van der Waals surface area (Å²) in [7, 11) is 0. The van der Waals surface area contributed by atoms with E-state index in [-0.39, 0.29) is 23.4 Å². The van der Waals surface area contributed by atoms with E-state index >= 15 is 0 Å². The van der Waals surface area contributed by atoms with Gasteiger partial charge in [-0.15, -0.1) is 0 Å². The van der Waals surface area contributed by atoms with E-state index in [1.165, 1.54) is 0 Å². The highest BCUT2D eigenvalue weighted by atomic mass is 19.3. The molecule has 1 aromatic heterocycles. The first-order valence-electron chi connectivity index (χ1n) is 9.74. The summed E-state index contributed by atoms with van der Waals surface area (Å²) < 4.78 is 35.7. The number of nitrogens with zero attached hydrogens (tertiary/aromatic N) is 1. The molecule has 2 aromatic rings. The van der Waals surface area contributed by atoms with Crippen LogP contribution < -0.4 is 10.1 Å². The molecule has 1 N–H and O–H groups in total. The van der Waals surface area contributed by atoms with Gasteiger partial charge in [-0.25, -0.2) is 4.98 Å². The molecule has 1 aliphatic heterocycles. The molecule has 0 spiro atoms. The third-order valence-corrected chi connectivity index (χ3v) is 5.33. The summed E-state index contributed by atoms with van der Waals surface area (Å²) >= 11 is 0. The number of rotatable bonds is 6. The number of halogens is 2. The Kier molecular flexibility index (Phi) is 6.47. The number of ether oxygens (including phenoxy) is 2. The van der Waals surface area contributed by atoms with Crippen molar-refractivity contribution in [3.8, 4) is 5.88 Å². The number of benzene rings is 1. The molecule has 1 aromatic carbocycles. The van der Waals surface area contributed by atoms with Gasteiger partial charge in [-0.2, -0.15) is 8.78 Å². The van der Waals surface area contributed by atoms with Gasteiger partial charge < -0.3 is 14.8 Å². The van der Waals surface area contributed by atoms with Crippen LogP contribution in [0.2, 0.25) is 0 Å². The van der Waals surface area contributed by atoms with Crippen LogP contribution in [0.15, 0.2) is 36.4 Å². The number of carbonyl (C=O) groups is 1. The van der Waals surface area contributed by atoms with E-state index in [0.717, 1.165) is 11.1 Å². The molecule has 2 heterocycles. The van der Waals surface area contributed by atoms with Crippen LogP contribution in [0.4, 0.5) is 14.5 Å². The quantitative estimate of drug-likeness (QED) is 0.751. The lowest BCUT2D eigenvalue weighted by molar-refractivity contribution is -0.125. The van der Waals surface area contributed by atoms with Crippen LogP contribution in [0, 0.1) is 6.92 Å². The van der Waals surface area contributed by atoms with Crippen molar-refractivity contribution in [2.45, 2.75) is 51.6 Å². The summed E-state index contributed by atoms with van der Waals surface area (Å²) in [5.74, 6) is -0.316. The zero-order chi connectivity index (χ0) is 21.0. The number of alkyl halides is 2. The summed E-state index contributed by atoms with van der Waals surface area (Å²) in [5, 5.41) is 2.80. The molecule has 0 radical (unpaired) electrons. The Labute approximate surface area is 169 Å². The molecule has 156 valence electrons. The highest BCUT2D eigenvalue weighted by molar-refractivity contribution is 6.00. The molecule has 3 rings (SSSR count). The molecular formula is C22H26F2N2O3. The molecule has 7 heteroatoms. The molecular weight excluding hydrogens is 378 g/mol. The van der Waals surface area contributed by atoms with Crippen molar-refractivity contribution in [3.63, 3.8) is 0 Å². The molecule has 1 aliphatic rings. The van der Waals surface area contributed by atoms with Crippen LogP contribution in [-0.4, -0.2) is 30.7 Å². The average Bonchev–Trinajstić information content (AvgIpc) is 2.70. The van der Waals surface area contributed by atoms with Gasteiger partial charge >= 0.3 is 6.61 Å². The SMILES string of the molecule is Cc1ccc(NC(=O)C2(c3ccccc3C(C)C)CCOCC2)c(OC(F)F)n1. The summed E-state index contributed by atoms with van der Waals surface area (Å²) in [6, 6.07) is 11.1. The number of nitrogens with one attached hydrogen (secondary N) is 1. The average molecular weight is 404 g/mol. The number of pyridine rings is 1. The second-order valence-electron chi connectivity index (χ2n) is 7.57. The van der Waals surface area contributed by atoms with Crippen LogP contribution in [0.1, 0.15) is 49.4 Å². The van der Waals surface area contributed by atoms with E-state index < -0.39 is 12.0 Å². The smallest absolute Gasteiger partial charge is 0.388 e. The lowest BCUT2D eigenvalue weighted by Crippen LogP contribution is -2.45. The van der Waals surface area contributed by atoms with Crippen molar-refractivity contribution >= 4 is 11.6 Å². The van der Waals surface area contributed by atoms with Crippen LogP contribution in [0.25, 0.3) is 0 Å². The third kappa shape index (κ3) is 4.56. The summed E-state index contributed by atoms with van der Waals surface area (Å²) in [5.41, 5.74) is 1.88. The minimum absolute atomic E-state index is 0.133. The van der Waals surface area contributed by atoms with Crippen molar-refractivity contribution < 1.29 is 23.0 Å². The molecule has 1 amide bonds. The second-order valence-corrected chi connectivity index (χ2v) is 7.57. The molecule has 0 atom stereocenters. The minimum atomic E-state index is -3.03. The van der Waals surface area contributed by atoms with E-state index in [1.807, 2.05) is 24.3 Å². The van der Waals surface area contributed by atoms with Gasteiger partial charge in [-0.3, -0.25) is 4.79 Å². The van der Waals surface area contributed by atoms with Gasteiger partial charge in [0.05, 0.1) is 5.41 Å². The van der Waals surface area contributed by atoms with Gasteiger partial charge in [-0.05, 0) is 48.9 Å². The highest BCUT2D eigenvalue weighted by Gasteiger charge is 2.43. The van der Waals surface area contributed by atoms with E-state index in [0.29, 0.717) is 31.7 Å². The van der Waals surface area contributed by atoms with Crippen LogP contribution >= 0.6 is 0 Å². The number of hydrogen-bond acceptors (Lipinski definition) is 4. The first-order valence-corrected chi connectivity index (χ1v) is 9.74. The maximum absolute atomic E-state index is 13.6. The predicted molar refractivity (Wildman–Crippen MR) is 106 cm³/mol. The van der Waals surface area contributed by atoms with Crippen molar-refractivity contribution in [2.24, 2.45) is 0 Å². The third-order valence-electron chi connectivity index (χ3n) is 5.33. The highest BCUT2D eigenvalue weighted by Crippen LogP contribution is 2.40. The van der Waals surface area contributed by atoms with Gasteiger partial charge in [0.2, 0.25) is 11.8 Å². The maximum atomic E-state index is 13.6. The zero-order valence-electron chi connectivity index (χ0n) is 16.9. The van der Waals surface area contributed by atoms with Crippen molar-refractivity contribution in [1.29, 1.82) is 0 Å². The Hall–Kier alpha value is -2.54. The van der Waals surface area contributed by atoms with Crippen LogP contribution in [0.3, 0.4) is 0 Å². The molecule has 1 saturated heterocycles. The van der Waals surface area contributed by atoms with Gasteiger partial charge in [0.15, 0.2) is 0 Å². The first kappa shape index (κ1) is 21.2. The second kappa shape index (κ2) is 8.86. The summed E-state index contributed by atoms with van der Waals surface area (Å²) in [6.45, 7) is 3.71. The molecule has 0 saturated carbocycles. The Bertz CT molecular complexity index is 865. The zero-order valence-corrected chi connectivity index (χ0v) is 16.9. The molecule has 0 bridgehead atoms.